The molecule has 2 rings (SSSR count). The lowest BCUT2D eigenvalue weighted by molar-refractivity contribution is 0.0708. The molecule has 1 heterocycles. The molecule has 0 aromatic carbocycles. The van der Waals surface area contributed by atoms with Gasteiger partial charge in [0.05, 0.1) is 0 Å². The Labute approximate surface area is 90.0 Å². The number of nitrogens with zero attached hydrogens (tertiary/aromatic N) is 1. The molecule has 15 heavy (non-hydrogen) atoms. The third kappa shape index (κ3) is 1.74. The van der Waals surface area contributed by atoms with Gasteiger partial charge >= 0.3 is 0 Å². The SMILES string of the molecule is C=CC(=C)N(C1=C(C)C=CC1)C1NNN1. The second-order valence-corrected chi connectivity index (χ2v) is 3.62. The van der Waals surface area contributed by atoms with Crippen LogP contribution in [0.3, 0.4) is 0 Å². The van der Waals surface area contributed by atoms with Gasteiger partial charge in [0.15, 0.2) is 6.29 Å². The van der Waals surface area contributed by atoms with Crippen LogP contribution in [0.2, 0.25) is 0 Å². The van der Waals surface area contributed by atoms with Gasteiger partial charge in [0, 0.05) is 17.8 Å². The highest BCUT2D eigenvalue weighted by Gasteiger charge is 2.27. The molecule has 0 aromatic heterocycles. The molecule has 0 amide bonds. The van der Waals surface area contributed by atoms with Crippen molar-refractivity contribution in [1.29, 1.82) is 0 Å². The van der Waals surface area contributed by atoms with Gasteiger partial charge in [-0.2, -0.15) is 5.53 Å². The van der Waals surface area contributed by atoms with Gasteiger partial charge in [-0.1, -0.05) is 25.3 Å². The summed E-state index contributed by atoms with van der Waals surface area (Å²) < 4.78 is 0. The van der Waals surface area contributed by atoms with Crippen LogP contribution in [0.25, 0.3) is 0 Å². The number of hydrogen-bond acceptors (Lipinski definition) is 4. The number of nitrogens with one attached hydrogen (secondary N) is 3. The van der Waals surface area contributed by atoms with Crippen molar-refractivity contribution >= 4 is 0 Å². The fraction of sp³-hybridized carbons (Fsp3) is 0.273. The average Bonchev–Trinajstić information content (AvgIpc) is 2.56. The van der Waals surface area contributed by atoms with E-state index in [1.165, 1.54) is 11.3 Å². The van der Waals surface area contributed by atoms with E-state index in [4.69, 9.17) is 0 Å². The molecule has 1 fully saturated rings. The number of allylic oxidation sites excluding steroid dienone is 4. The minimum Gasteiger partial charge on any atom is -0.314 e. The smallest absolute Gasteiger partial charge is 0.166 e. The highest BCUT2D eigenvalue weighted by molar-refractivity contribution is 5.35. The first-order valence-corrected chi connectivity index (χ1v) is 4.97. The largest absolute Gasteiger partial charge is 0.314 e. The maximum atomic E-state index is 3.99. The Bertz CT molecular complexity index is 350. The zero-order valence-electron chi connectivity index (χ0n) is 8.88. The van der Waals surface area contributed by atoms with Crippen molar-refractivity contribution in [3.8, 4) is 0 Å². The summed E-state index contributed by atoms with van der Waals surface area (Å²) in [6.07, 6.45) is 7.05. The lowest BCUT2D eigenvalue weighted by Crippen LogP contribution is -2.74. The molecule has 0 radical (unpaired) electrons. The Morgan fingerprint density at radius 1 is 1.60 bits per heavy atom. The van der Waals surface area contributed by atoms with E-state index >= 15 is 0 Å². The third-order valence-electron chi connectivity index (χ3n) is 2.65. The summed E-state index contributed by atoms with van der Waals surface area (Å²) in [4.78, 5) is 2.11. The molecule has 0 atom stereocenters. The Kier molecular flexibility index (Phi) is 2.73. The normalized spacial score (nSPS) is 20.3. The van der Waals surface area contributed by atoms with Gasteiger partial charge in [-0.05, 0) is 18.6 Å². The highest BCUT2D eigenvalue weighted by Crippen LogP contribution is 2.27. The minimum atomic E-state index is 0.0559. The Morgan fingerprint density at radius 2 is 2.33 bits per heavy atom. The number of hydrazine groups is 2. The van der Waals surface area contributed by atoms with Crippen LogP contribution in [0.1, 0.15) is 13.3 Å². The van der Waals surface area contributed by atoms with Crippen LogP contribution in [-0.2, 0) is 0 Å². The van der Waals surface area contributed by atoms with Crippen LogP contribution in [0.5, 0.6) is 0 Å². The lowest BCUT2D eigenvalue weighted by Gasteiger charge is -2.42. The first-order valence-electron chi connectivity index (χ1n) is 4.97. The van der Waals surface area contributed by atoms with Crippen molar-refractivity contribution in [2.75, 3.05) is 0 Å². The summed E-state index contributed by atoms with van der Waals surface area (Å²) in [5.41, 5.74) is 12.3. The van der Waals surface area contributed by atoms with Gasteiger partial charge in [0.1, 0.15) is 0 Å². The molecule has 2 aliphatic rings. The van der Waals surface area contributed by atoms with E-state index in [0.717, 1.165) is 12.1 Å². The maximum Gasteiger partial charge on any atom is 0.166 e. The molecule has 3 N–H and O–H groups in total. The van der Waals surface area contributed by atoms with E-state index in [1.54, 1.807) is 6.08 Å². The number of rotatable bonds is 4. The average molecular weight is 204 g/mol. The standard InChI is InChI=1S/C11H16N4/c1-4-9(3)15(11-12-14-13-11)10-7-5-6-8(10)2/h4-6,11-14H,1,3,7H2,2H3. The summed E-state index contributed by atoms with van der Waals surface area (Å²) in [7, 11) is 0. The quantitative estimate of drug-likeness (QED) is 0.600. The first-order chi connectivity index (χ1) is 7.24. The van der Waals surface area contributed by atoms with Gasteiger partial charge in [-0.3, -0.25) is 0 Å². The van der Waals surface area contributed by atoms with Gasteiger partial charge in [-0.15, -0.1) is 0 Å². The zero-order chi connectivity index (χ0) is 10.8. The van der Waals surface area contributed by atoms with E-state index in [-0.39, 0.29) is 6.29 Å². The molecule has 0 bridgehead atoms. The molecular weight excluding hydrogens is 188 g/mol. The van der Waals surface area contributed by atoms with E-state index in [2.05, 4.69) is 53.5 Å². The maximum absolute atomic E-state index is 3.99. The second kappa shape index (κ2) is 4.02. The predicted octanol–water partition coefficient (Wildman–Crippen LogP) is 1.12. The van der Waals surface area contributed by atoms with Gasteiger partial charge in [0.2, 0.25) is 0 Å². The molecule has 0 spiro atoms. The molecule has 4 nitrogen and oxygen atoms in total. The second-order valence-electron chi connectivity index (χ2n) is 3.62. The Hall–Kier alpha value is -1.36. The van der Waals surface area contributed by atoms with E-state index in [9.17, 15) is 0 Å². The summed E-state index contributed by atoms with van der Waals surface area (Å²) in [5.74, 6) is 0. The first kappa shape index (κ1) is 10.2. The third-order valence-corrected chi connectivity index (χ3v) is 2.65. The summed E-state index contributed by atoms with van der Waals surface area (Å²) in [5, 5.41) is 0. The molecular formula is C11H16N4. The summed E-state index contributed by atoms with van der Waals surface area (Å²) in [6.45, 7) is 9.86. The zero-order valence-corrected chi connectivity index (χ0v) is 8.88. The summed E-state index contributed by atoms with van der Waals surface area (Å²) in [6, 6.07) is 0. The van der Waals surface area contributed by atoms with Crippen molar-refractivity contribution in [2.24, 2.45) is 0 Å². The fourth-order valence-corrected chi connectivity index (χ4v) is 1.75. The minimum absolute atomic E-state index is 0.0559. The molecule has 1 saturated heterocycles. The molecule has 1 aliphatic carbocycles. The van der Waals surface area contributed by atoms with E-state index < -0.39 is 0 Å². The van der Waals surface area contributed by atoms with E-state index in [1.807, 2.05) is 0 Å². The molecule has 0 saturated carbocycles. The van der Waals surface area contributed by atoms with Crippen molar-refractivity contribution in [1.82, 2.24) is 21.3 Å². The monoisotopic (exact) mass is 204 g/mol. The van der Waals surface area contributed by atoms with Crippen molar-refractivity contribution in [2.45, 2.75) is 19.6 Å². The van der Waals surface area contributed by atoms with Crippen molar-refractivity contribution in [3.05, 3.63) is 48.4 Å². The molecule has 80 valence electrons. The van der Waals surface area contributed by atoms with Crippen LogP contribution < -0.4 is 16.4 Å². The highest BCUT2D eigenvalue weighted by atomic mass is 15.8. The molecule has 0 aromatic rings. The molecule has 0 unspecified atom stereocenters. The molecule has 4 heteroatoms. The van der Waals surface area contributed by atoms with Gasteiger partial charge < -0.3 is 4.90 Å². The van der Waals surface area contributed by atoms with Crippen LogP contribution >= 0.6 is 0 Å². The Balaban J connectivity index is 2.22. The van der Waals surface area contributed by atoms with Crippen LogP contribution in [0.15, 0.2) is 48.4 Å². The lowest BCUT2D eigenvalue weighted by atomic mass is 10.2. The van der Waals surface area contributed by atoms with Gasteiger partial charge in [0.25, 0.3) is 0 Å². The van der Waals surface area contributed by atoms with Crippen LogP contribution in [0.4, 0.5) is 0 Å². The molecule has 1 aliphatic heterocycles. The van der Waals surface area contributed by atoms with Gasteiger partial charge in [-0.25, -0.2) is 10.9 Å². The van der Waals surface area contributed by atoms with E-state index in [0.29, 0.717) is 0 Å². The topological polar surface area (TPSA) is 39.3 Å². The number of hydrogen-bond donors (Lipinski definition) is 3. The van der Waals surface area contributed by atoms with Crippen LogP contribution in [0, 0.1) is 0 Å². The van der Waals surface area contributed by atoms with Crippen molar-refractivity contribution in [3.63, 3.8) is 0 Å². The van der Waals surface area contributed by atoms with Crippen LogP contribution in [-0.4, -0.2) is 11.2 Å². The fourth-order valence-electron chi connectivity index (χ4n) is 1.75. The van der Waals surface area contributed by atoms with Crippen molar-refractivity contribution < 1.29 is 0 Å². The Morgan fingerprint density at radius 3 is 2.73 bits per heavy atom. The summed E-state index contributed by atoms with van der Waals surface area (Å²) >= 11 is 0. The predicted molar refractivity (Wildman–Crippen MR) is 60.8 cm³/mol.